The van der Waals surface area contributed by atoms with Crippen LogP contribution >= 0.6 is 0 Å². The van der Waals surface area contributed by atoms with Crippen LogP contribution in [0.3, 0.4) is 0 Å². The molecule has 0 saturated heterocycles. The van der Waals surface area contributed by atoms with Crippen LogP contribution in [-0.2, 0) is 19.1 Å². The number of allylic oxidation sites excluding steroid dienone is 2. The third-order valence-electron chi connectivity index (χ3n) is 3.75. The minimum atomic E-state index is -1.21. The van der Waals surface area contributed by atoms with Crippen LogP contribution in [0, 0.1) is 18.6 Å². The van der Waals surface area contributed by atoms with E-state index in [1.165, 1.54) is 44.5 Å². The van der Waals surface area contributed by atoms with Gasteiger partial charge in [-0.2, -0.15) is 0 Å². The van der Waals surface area contributed by atoms with E-state index in [1.807, 2.05) is 0 Å². The Balaban J connectivity index is 2.80. The quantitative estimate of drug-likeness (QED) is 0.765. The predicted molar refractivity (Wildman–Crippen MR) is 89.5 cm³/mol. The molecule has 0 radical (unpaired) electrons. The first-order valence-electron chi connectivity index (χ1n) is 7.44. The summed E-state index contributed by atoms with van der Waals surface area (Å²) in [6.07, 6.45) is 5.51. The van der Waals surface area contributed by atoms with E-state index in [4.69, 9.17) is 9.47 Å². The highest BCUT2D eigenvalue weighted by atomic mass is 19.2. The maximum absolute atomic E-state index is 14.6. The lowest BCUT2D eigenvalue weighted by Crippen LogP contribution is -2.28. The van der Waals surface area contributed by atoms with Gasteiger partial charge in [-0.05, 0) is 19.1 Å². The lowest BCUT2D eigenvalue weighted by molar-refractivity contribution is -0.139. The Morgan fingerprint density at radius 3 is 2.23 bits per heavy atom. The van der Waals surface area contributed by atoms with Gasteiger partial charge in [0, 0.05) is 17.8 Å². The van der Waals surface area contributed by atoms with Crippen molar-refractivity contribution >= 4 is 17.6 Å². The van der Waals surface area contributed by atoms with Crippen LogP contribution in [-0.4, -0.2) is 33.3 Å². The fourth-order valence-corrected chi connectivity index (χ4v) is 2.42. The van der Waals surface area contributed by atoms with Gasteiger partial charge in [-0.1, -0.05) is 6.08 Å². The van der Waals surface area contributed by atoms with Crippen LogP contribution in [0.15, 0.2) is 41.8 Å². The molecule has 1 aliphatic heterocycles. The topological polar surface area (TPSA) is 65.1 Å². The summed E-state index contributed by atoms with van der Waals surface area (Å²) in [5.74, 6) is -4.03. The van der Waals surface area contributed by atoms with Gasteiger partial charge in [0.25, 0.3) is 0 Å². The van der Waals surface area contributed by atoms with Crippen molar-refractivity contribution in [1.82, 2.24) is 0 Å². The van der Waals surface area contributed by atoms with Gasteiger partial charge in [0.2, 0.25) is 0 Å². The zero-order valence-corrected chi connectivity index (χ0v) is 14.6. The van der Waals surface area contributed by atoms with E-state index < -0.39 is 23.6 Å². The number of hydrogen-bond acceptors (Lipinski definition) is 6. The Hall–Kier alpha value is -3.16. The molecule has 26 heavy (non-hydrogen) atoms. The molecule has 0 aromatic heterocycles. The smallest absolute Gasteiger partial charge is 0.355 e. The first-order chi connectivity index (χ1) is 12.4. The number of methoxy groups -OCH3 is 3. The number of carbonyl (C=O) groups excluding carboxylic acids is 2. The van der Waals surface area contributed by atoms with Crippen LogP contribution in [0.1, 0.15) is 5.56 Å². The summed E-state index contributed by atoms with van der Waals surface area (Å²) in [6.45, 7) is 1.36. The van der Waals surface area contributed by atoms with Gasteiger partial charge in [-0.15, -0.1) is 0 Å². The zero-order valence-electron chi connectivity index (χ0n) is 14.6. The molecule has 0 fully saturated rings. The average Bonchev–Trinajstić information content (AvgIpc) is 2.88. The number of esters is 2. The summed E-state index contributed by atoms with van der Waals surface area (Å²) < 4.78 is 43.4. The van der Waals surface area contributed by atoms with Crippen molar-refractivity contribution in [1.29, 1.82) is 0 Å². The summed E-state index contributed by atoms with van der Waals surface area (Å²) >= 11 is 0. The van der Waals surface area contributed by atoms with E-state index in [1.54, 1.807) is 0 Å². The SMILES string of the molecule is COC(=O)C1=C(C(=O)OC)N(c2cc(OC)c(C)c(F)c2F)C=CC=C1. The molecule has 8 heteroatoms. The monoisotopic (exact) mass is 365 g/mol. The second-order valence-corrected chi connectivity index (χ2v) is 5.17. The Morgan fingerprint density at radius 1 is 1.00 bits per heavy atom. The molecule has 0 spiro atoms. The lowest BCUT2D eigenvalue weighted by Gasteiger charge is -2.24. The standard InChI is InChI=1S/C18H17F2NO5/c1-10-13(24-2)9-12(15(20)14(10)19)21-8-6-5-7-11(17(22)25-3)16(21)18(23)26-4/h5-9H,1-4H3. The largest absolute Gasteiger partial charge is 0.496 e. The molecular weight excluding hydrogens is 348 g/mol. The van der Waals surface area contributed by atoms with E-state index in [9.17, 15) is 18.4 Å². The summed E-state index contributed by atoms with van der Waals surface area (Å²) in [7, 11) is 3.55. The molecule has 1 aliphatic rings. The predicted octanol–water partition coefficient (Wildman–Crippen LogP) is 2.77. The second kappa shape index (κ2) is 7.81. The van der Waals surface area contributed by atoms with Gasteiger partial charge < -0.3 is 19.1 Å². The van der Waals surface area contributed by atoms with E-state index in [2.05, 4.69) is 4.74 Å². The van der Waals surface area contributed by atoms with Crippen molar-refractivity contribution in [2.75, 3.05) is 26.2 Å². The molecule has 0 amide bonds. The maximum Gasteiger partial charge on any atom is 0.355 e. The number of hydrogen-bond donors (Lipinski definition) is 0. The molecule has 0 aliphatic carbocycles. The third-order valence-corrected chi connectivity index (χ3v) is 3.75. The van der Waals surface area contributed by atoms with Crippen LogP contribution in [0.25, 0.3) is 0 Å². The molecule has 0 unspecified atom stereocenters. The van der Waals surface area contributed by atoms with Crippen LogP contribution < -0.4 is 9.64 Å². The zero-order chi connectivity index (χ0) is 19.4. The van der Waals surface area contributed by atoms with Crippen molar-refractivity contribution in [3.63, 3.8) is 0 Å². The fourth-order valence-electron chi connectivity index (χ4n) is 2.42. The number of benzene rings is 1. The van der Waals surface area contributed by atoms with Crippen molar-refractivity contribution in [2.24, 2.45) is 0 Å². The second-order valence-electron chi connectivity index (χ2n) is 5.17. The number of nitrogens with zero attached hydrogens (tertiary/aromatic N) is 1. The normalized spacial score (nSPS) is 13.5. The highest BCUT2D eigenvalue weighted by molar-refractivity contribution is 6.05. The van der Waals surface area contributed by atoms with Crippen molar-refractivity contribution in [3.8, 4) is 5.75 Å². The maximum atomic E-state index is 14.6. The molecule has 1 aromatic carbocycles. The molecule has 2 rings (SSSR count). The molecule has 0 saturated carbocycles. The van der Waals surface area contributed by atoms with E-state index >= 15 is 0 Å². The van der Waals surface area contributed by atoms with Gasteiger partial charge in [0.1, 0.15) is 11.4 Å². The summed E-state index contributed by atoms with van der Waals surface area (Å²) in [6, 6.07) is 1.22. The average molecular weight is 365 g/mol. The number of anilines is 1. The number of carbonyl (C=O) groups is 2. The van der Waals surface area contributed by atoms with Crippen LogP contribution in [0.5, 0.6) is 5.75 Å². The fraction of sp³-hybridized carbons (Fsp3) is 0.222. The Kier molecular flexibility index (Phi) is 5.76. The van der Waals surface area contributed by atoms with Gasteiger partial charge >= 0.3 is 11.9 Å². The number of ether oxygens (including phenoxy) is 3. The van der Waals surface area contributed by atoms with Gasteiger partial charge in [0.15, 0.2) is 11.6 Å². The molecule has 138 valence electrons. The van der Waals surface area contributed by atoms with Crippen LogP contribution in [0.2, 0.25) is 0 Å². The highest BCUT2D eigenvalue weighted by Gasteiger charge is 2.30. The summed E-state index contributed by atoms with van der Waals surface area (Å²) in [5.41, 5.74) is -0.855. The van der Waals surface area contributed by atoms with Crippen LogP contribution in [0.4, 0.5) is 14.5 Å². The molecular formula is C18H17F2NO5. The first-order valence-corrected chi connectivity index (χ1v) is 7.44. The van der Waals surface area contributed by atoms with Gasteiger partial charge in [-0.3, -0.25) is 0 Å². The molecule has 1 aromatic rings. The van der Waals surface area contributed by atoms with Crippen molar-refractivity contribution in [3.05, 3.63) is 59.0 Å². The first kappa shape index (κ1) is 19.2. The van der Waals surface area contributed by atoms with Crippen molar-refractivity contribution < 1.29 is 32.6 Å². The molecule has 1 heterocycles. The van der Waals surface area contributed by atoms with E-state index in [-0.39, 0.29) is 28.3 Å². The molecule has 0 N–H and O–H groups in total. The summed E-state index contributed by atoms with van der Waals surface area (Å²) in [4.78, 5) is 25.4. The Morgan fingerprint density at radius 2 is 1.65 bits per heavy atom. The molecule has 6 nitrogen and oxygen atoms in total. The van der Waals surface area contributed by atoms with E-state index in [0.29, 0.717) is 0 Å². The molecule has 0 atom stereocenters. The third kappa shape index (κ3) is 3.30. The minimum Gasteiger partial charge on any atom is -0.496 e. The molecule has 0 bridgehead atoms. The minimum absolute atomic E-state index is 0.0255. The lowest BCUT2D eigenvalue weighted by atomic mass is 10.1. The summed E-state index contributed by atoms with van der Waals surface area (Å²) in [5, 5.41) is 0. The highest BCUT2D eigenvalue weighted by Crippen LogP contribution is 2.35. The van der Waals surface area contributed by atoms with Crippen molar-refractivity contribution in [2.45, 2.75) is 6.92 Å². The van der Waals surface area contributed by atoms with Gasteiger partial charge in [-0.25, -0.2) is 18.4 Å². The van der Waals surface area contributed by atoms with Gasteiger partial charge in [0.05, 0.1) is 32.6 Å². The number of rotatable bonds is 4. The Labute approximate surface area is 148 Å². The van der Waals surface area contributed by atoms with E-state index in [0.717, 1.165) is 19.1 Å². The number of halogens is 2. The Bertz CT molecular complexity index is 842.